The zero-order valence-corrected chi connectivity index (χ0v) is 11.9. The molecular formula is C16H14ClF3. The maximum atomic E-state index is 14.5. The van der Waals surface area contributed by atoms with Crippen molar-refractivity contribution in [3.05, 3.63) is 70.8 Å². The van der Waals surface area contributed by atoms with E-state index in [4.69, 9.17) is 11.6 Å². The van der Waals surface area contributed by atoms with Gasteiger partial charge in [-0.3, -0.25) is 0 Å². The summed E-state index contributed by atoms with van der Waals surface area (Å²) in [6.45, 7) is 3.56. The molecule has 2 rings (SSSR count). The molecule has 1 atom stereocenters. The lowest BCUT2D eigenvalue weighted by Gasteiger charge is -2.29. The van der Waals surface area contributed by atoms with E-state index in [1.165, 1.54) is 36.4 Å². The lowest BCUT2D eigenvalue weighted by atomic mass is 9.96. The minimum absolute atomic E-state index is 0.254. The Balaban J connectivity index is 2.45. The molecule has 0 saturated heterocycles. The van der Waals surface area contributed by atoms with Crippen LogP contribution >= 0.6 is 11.6 Å². The molecule has 0 aromatic heterocycles. The Morgan fingerprint density at radius 1 is 0.700 bits per heavy atom. The van der Waals surface area contributed by atoms with Gasteiger partial charge in [0, 0.05) is 11.1 Å². The molecule has 2 aromatic carbocycles. The summed E-state index contributed by atoms with van der Waals surface area (Å²) >= 11 is 5.56. The third-order valence-corrected chi connectivity index (χ3v) is 3.68. The predicted octanol–water partition coefficient (Wildman–Crippen LogP) is 5.46. The van der Waals surface area contributed by atoms with Gasteiger partial charge in [-0.25, -0.2) is 4.39 Å². The average molecular weight is 299 g/mol. The highest BCUT2D eigenvalue weighted by Gasteiger charge is 2.56. The Morgan fingerprint density at radius 2 is 1.05 bits per heavy atom. The smallest absolute Gasteiger partial charge is 0.214 e. The second-order valence-corrected chi connectivity index (χ2v) is 5.40. The summed E-state index contributed by atoms with van der Waals surface area (Å²) in [6.07, 6.45) is 0. The second-order valence-electron chi connectivity index (χ2n) is 4.88. The van der Waals surface area contributed by atoms with Gasteiger partial charge in [0.15, 0.2) is 0 Å². The van der Waals surface area contributed by atoms with Crippen LogP contribution in [0.15, 0.2) is 48.5 Å². The zero-order chi connectivity index (χ0) is 15.0. The van der Waals surface area contributed by atoms with E-state index in [-0.39, 0.29) is 5.56 Å². The number of hydrogen-bond donors (Lipinski definition) is 0. The minimum atomic E-state index is -3.82. The maximum absolute atomic E-state index is 14.5. The molecular weight excluding hydrogens is 285 g/mol. The summed E-state index contributed by atoms with van der Waals surface area (Å²) in [4.78, 5) is 0. The summed E-state index contributed by atoms with van der Waals surface area (Å²) in [5.41, 5.74) is 0.968. The number of benzene rings is 2. The number of alkyl halides is 4. The molecule has 0 amide bonds. The SMILES string of the molecule is Cc1ccc(C(F)(F)C(F)(Cl)c2ccc(C)cc2)cc1. The van der Waals surface area contributed by atoms with E-state index >= 15 is 0 Å². The van der Waals surface area contributed by atoms with Crippen molar-refractivity contribution in [2.45, 2.75) is 24.9 Å². The van der Waals surface area contributed by atoms with Crippen LogP contribution in [0.4, 0.5) is 13.2 Å². The van der Waals surface area contributed by atoms with Crippen molar-refractivity contribution < 1.29 is 13.2 Å². The van der Waals surface area contributed by atoms with Crippen LogP contribution in [0.3, 0.4) is 0 Å². The molecule has 0 aliphatic rings. The molecule has 0 radical (unpaired) electrons. The molecule has 0 saturated carbocycles. The molecule has 0 spiro atoms. The van der Waals surface area contributed by atoms with E-state index in [0.717, 1.165) is 11.1 Å². The maximum Gasteiger partial charge on any atom is 0.324 e. The van der Waals surface area contributed by atoms with Crippen LogP contribution in [0, 0.1) is 13.8 Å². The van der Waals surface area contributed by atoms with Crippen molar-refractivity contribution in [1.29, 1.82) is 0 Å². The molecule has 4 heteroatoms. The fraction of sp³-hybridized carbons (Fsp3) is 0.250. The molecule has 1 unspecified atom stereocenters. The fourth-order valence-electron chi connectivity index (χ4n) is 1.89. The topological polar surface area (TPSA) is 0 Å². The average Bonchev–Trinajstić information content (AvgIpc) is 2.39. The molecule has 2 aromatic rings. The standard InChI is InChI=1S/C16H14ClF3/c1-11-3-7-13(8-4-11)15(17,18)16(19,20)14-9-5-12(2)6-10-14/h3-10H,1-2H3. The van der Waals surface area contributed by atoms with Crippen molar-refractivity contribution in [1.82, 2.24) is 0 Å². The summed E-state index contributed by atoms with van der Waals surface area (Å²) in [5, 5.41) is -3.28. The summed E-state index contributed by atoms with van der Waals surface area (Å²) in [7, 11) is 0. The molecule has 0 aliphatic heterocycles. The molecule has 0 fully saturated rings. The number of hydrogen-bond acceptors (Lipinski definition) is 0. The highest BCUT2D eigenvalue weighted by Crippen LogP contribution is 2.51. The van der Waals surface area contributed by atoms with Crippen molar-refractivity contribution in [3.8, 4) is 0 Å². The third kappa shape index (κ3) is 2.55. The third-order valence-electron chi connectivity index (χ3n) is 3.22. The highest BCUT2D eigenvalue weighted by atomic mass is 35.5. The van der Waals surface area contributed by atoms with Crippen LogP contribution < -0.4 is 0 Å². The normalized spacial score (nSPS) is 14.9. The van der Waals surface area contributed by atoms with Crippen molar-refractivity contribution >= 4 is 11.6 Å². The lowest BCUT2D eigenvalue weighted by Crippen LogP contribution is -2.34. The van der Waals surface area contributed by atoms with Crippen LogP contribution in [-0.2, 0) is 11.1 Å². The summed E-state index contributed by atoms with van der Waals surface area (Å²) in [6, 6.07) is 11.1. The zero-order valence-electron chi connectivity index (χ0n) is 11.1. The van der Waals surface area contributed by atoms with Gasteiger partial charge in [-0.2, -0.15) is 8.78 Å². The van der Waals surface area contributed by atoms with E-state index in [2.05, 4.69) is 0 Å². The number of rotatable bonds is 3. The molecule has 0 bridgehead atoms. The van der Waals surface area contributed by atoms with E-state index in [1.807, 2.05) is 0 Å². The Labute approximate surface area is 121 Å². The molecule has 20 heavy (non-hydrogen) atoms. The van der Waals surface area contributed by atoms with Crippen molar-refractivity contribution in [2.75, 3.05) is 0 Å². The van der Waals surface area contributed by atoms with Gasteiger partial charge in [-0.05, 0) is 13.8 Å². The first-order valence-electron chi connectivity index (χ1n) is 6.15. The molecule has 106 valence electrons. The summed E-state index contributed by atoms with van der Waals surface area (Å²) < 4.78 is 43.2. The number of halogens is 4. The first kappa shape index (κ1) is 14.9. The van der Waals surface area contributed by atoms with Gasteiger partial charge in [0.05, 0.1) is 0 Å². The van der Waals surface area contributed by atoms with Gasteiger partial charge in [-0.15, -0.1) is 0 Å². The first-order valence-corrected chi connectivity index (χ1v) is 6.53. The quantitative estimate of drug-likeness (QED) is 0.660. The van der Waals surface area contributed by atoms with Crippen LogP contribution in [0.25, 0.3) is 0 Å². The molecule has 0 N–H and O–H groups in total. The fourth-order valence-corrected chi connectivity index (χ4v) is 2.12. The molecule has 0 aliphatic carbocycles. The second kappa shape index (κ2) is 5.13. The van der Waals surface area contributed by atoms with E-state index in [1.54, 1.807) is 26.0 Å². The van der Waals surface area contributed by atoms with Crippen LogP contribution in [0.1, 0.15) is 22.3 Å². The number of aryl methyl sites for hydroxylation is 2. The van der Waals surface area contributed by atoms with Gasteiger partial charge in [0.2, 0.25) is 0 Å². The minimum Gasteiger partial charge on any atom is -0.214 e. The van der Waals surface area contributed by atoms with Crippen molar-refractivity contribution in [3.63, 3.8) is 0 Å². The summed E-state index contributed by atoms with van der Waals surface area (Å²) in [5.74, 6) is -3.82. The van der Waals surface area contributed by atoms with Gasteiger partial charge < -0.3 is 0 Å². The Hall–Kier alpha value is -1.48. The Bertz CT molecular complexity index is 531. The van der Waals surface area contributed by atoms with Gasteiger partial charge in [0.25, 0.3) is 5.13 Å². The van der Waals surface area contributed by atoms with Crippen molar-refractivity contribution in [2.24, 2.45) is 0 Å². The van der Waals surface area contributed by atoms with E-state index in [0.29, 0.717) is 0 Å². The van der Waals surface area contributed by atoms with Crippen LogP contribution in [0.5, 0.6) is 0 Å². The highest BCUT2D eigenvalue weighted by molar-refractivity contribution is 6.23. The monoisotopic (exact) mass is 298 g/mol. The van der Waals surface area contributed by atoms with Crippen LogP contribution in [-0.4, -0.2) is 0 Å². The predicted molar refractivity (Wildman–Crippen MR) is 74.9 cm³/mol. The molecule has 0 nitrogen and oxygen atoms in total. The Morgan fingerprint density at radius 3 is 1.45 bits per heavy atom. The lowest BCUT2D eigenvalue weighted by molar-refractivity contribution is -0.106. The van der Waals surface area contributed by atoms with E-state index < -0.39 is 16.6 Å². The van der Waals surface area contributed by atoms with Crippen LogP contribution in [0.2, 0.25) is 0 Å². The van der Waals surface area contributed by atoms with E-state index in [9.17, 15) is 13.2 Å². The van der Waals surface area contributed by atoms with Gasteiger partial charge >= 0.3 is 5.92 Å². The Kier molecular flexibility index (Phi) is 3.83. The van der Waals surface area contributed by atoms with Gasteiger partial charge in [-0.1, -0.05) is 71.3 Å². The first-order chi connectivity index (χ1) is 9.25. The van der Waals surface area contributed by atoms with Gasteiger partial charge in [0.1, 0.15) is 0 Å². The largest absolute Gasteiger partial charge is 0.324 e. The molecule has 0 heterocycles.